The maximum Gasteiger partial charge on any atom is 0.410 e. The first-order valence-corrected chi connectivity index (χ1v) is 4.78. The molecular weight excluding hydrogens is 182 g/mol. The molecule has 80 valence electrons. The average molecular weight is 199 g/mol. The summed E-state index contributed by atoms with van der Waals surface area (Å²) in [6.07, 6.45) is 3.78. The molecule has 0 heterocycles. The fraction of sp³-hybridized carbons (Fsp3) is 0.600. The van der Waals surface area contributed by atoms with Crippen LogP contribution in [0, 0.1) is 0 Å². The van der Waals surface area contributed by atoms with Crippen LogP contribution in [0.15, 0.2) is 11.8 Å². The smallest absolute Gasteiger partial charge is 0.407 e. The molecule has 4 heteroatoms. The Kier molecular flexibility index (Phi) is 6.45. The summed E-state index contributed by atoms with van der Waals surface area (Å²) in [5.41, 5.74) is 4.81. The Balaban J connectivity index is 4.00. The molecule has 0 spiro atoms. The molecule has 0 saturated heterocycles. The molecule has 0 unspecified atom stereocenters. The number of nitrogens with two attached hydrogens (primary N) is 1. The molecule has 0 aliphatic rings. The van der Waals surface area contributed by atoms with Gasteiger partial charge in [-0.1, -0.05) is 19.8 Å². The molecule has 0 bridgehead atoms. The predicted octanol–water partition coefficient (Wildman–Crippen LogP) is 2.13. The monoisotopic (exact) mass is 199 g/mol. The minimum atomic E-state index is -0.943. The zero-order valence-electron chi connectivity index (χ0n) is 8.71. The third-order valence-electron chi connectivity index (χ3n) is 1.75. The third-order valence-corrected chi connectivity index (χ3v) is 1.75. The highest BCUT2D eigenvalue weighted by Gasteiger charge is 2.11. The second kappa shape index (κ2) is 7.12. The van der Waals surface area contributed by atoms with Crippen LogP contribution in [-0.4, -0.2) is 11.9 Å². The second-order valence-corrected chi connectivity index (χ2v) is 2.95. The molecule has 0 aliphatic heterocycles. The van der Waals surface area contributed by atoms with Gasteiger partial charge >= 0.3 is 6.09 Å². The van der Waals surface area contributed by atoms with Gasteiger partial charge in [0.25, 0.3) is 0 Å². The number of primary amides is 1. The molecule has 0 radical (unpaired) electrons. The van der Waals surface area contributed by atoms with E-state index in [9.17, 15) is 9.59 Å². The van der Waals surface area contributed by atoms with Crippen molar-refractivity contribution in [3.05, 3.63) is 11.8 Å². The molecule has 0 aromatic carbocycles. The van der Waals surface area contributed by atoms with Crippen molar-refractivity contribution in [1.82, 2.24) is 0 Å². The van der Waals surface area contributed by atoms with Crippen LogP contribution in [0.4, 0.5) is 4.79 Å². The van der Waals surface area contributed by atoms with Gasteiger partial charge in [0.2, 0.25) is 0 Å². The molecule has 0 aromatic heterocycles. The van der Waals surface area contributed by atoms with Gasteiger partial charge in [-0.3, -0.25) is 4.79 Å². The number of rotatable bonds is 6. The van der Waals surface area contributed by atoms with Gasteiger partial charge in [0, 0.05) is 6.42 Å². The molecule has 0 atom stereocenters. The van der Waals surface area contributed by atoms with Crippen LogP contribution >= 0.6 is 0 Å². The summed E-state index contributed by atoms with van der Waals surface area (Å²) in [5, 5.41) is 0. The number of Topliss-reactive ketones (excluding diaryl/α,β-unsaturated/α-hetero) is 1. The zero-order chi connectivity index (χ0) is 11.0. The number of amides is 1. The highest BCUT2D eigenvalue weighted by atomic mass is 16.6. The lowest BCUT2D eigenvalue weighted by molar-refractivity contribution is -0.118. The number of ether oxygens (including phenoxy) is 1. The van der Waals surface area contributed by atoms with E-state index in [-0.39, 0.29) is 11.5 Å². The van der Waals surface area contributed by atoms with Gasteiger partial charge in [-0.15, -0.1) is 0 Å². The van der Waals surface area contributed by atoms with Gasteiger partial charge < -0.3 is 10.5 Å². The van der Waals surface area contributed by atoms with Gasteiger partial charge in [0.15, 0.2) is 11.5 Å². The Hall–Kier alpha value is -1.32. The number of unbranched alkanes of at least 4 members (excludes halogenated alkanes) is 2. The average Bonchev–Trinajstić information content (AvgIpc) is 2.14. The lowest BCUT2D eigenvalue weighted by Crippen LogP contribution is -2.17. The van der Waals surface area contributed by atoms with E-state index < -0.39 is 6.09 Å². The van der Waals surface area contributed by atoms with Crippen LogP contribution in [0.3, 0.4) is 0 Å². The highest BCUT2D eigenvalue weighted by Crippen LogP contribution is 2.07. The third kappa shape index (κ3) is 5.35. The maximum atomic E-state index is 11.4. The van der Waals surface area contributed by atoms with Gasteiger partial charge in [0.1, 0.15) is 0 Å². The van der Waals surface area contributed by atoms with Crippen molar-refractivity contribution in [3.63, 3.8) is 0 Å². The standard InChI is InChI=1S/C10H17NO3/c1-3-5-6-7-8(12)9(4-2)14-10(11)13/h4H,3,5-7H2,1-2H3,(H2,11,13)/b9-4-. The molecule has 0 fully saturated rings. The van der Waals surface area contributed by atoms with Crippen molar-refractivity contribution >= 4 is 11.9 Å². The van der Waals surface area contributed by atoms with Crippen LogP contribution in [-0.2, 0) is 9.53 Å². The van der Waals surface area contributed by atoms with Crippen molar-refractivity contribution in [3.8, 4) is 0 Å². The number of hydrogen-bond donors (Lipinski definition) is 1. The second-order valence-electron chi connectivity index (χ2n) is 2.95. The van der Waals surface area contributed by atoms with Crippen molar-refractivity contribution in [1.29, 1.82) is 0 Å². The first-order valence-electron chi connectivity index (χ1n) is 4.78. The summed E-state index contributed by atoms with van der Waals surface area (Å²) in [5.74, 6) is -0.117. The predicted molar refractivity (Wildman–Crippen MR) is 53.6 cm³/mol. The van der Waals surface area contributed by atoms with E-state index in [0.717, 1.165) is 19.3 Å². The van der Waals surface area contributed by atoms with E-state index in [4.69, 9.17) is 5.73 Å². The SMILES string of the molecule is C/C=C(\OC(N)=O)C(=O)CCCCC. The number of carbonyl (C=O) groups excluding carboxylic acids is 2. The van der Waals surface area contributed by atoms with Gasteiger partial charge in [-0.25, -0.2) is 4.79 Å². The maximum absolute atomic E-state index is 11.4. The van der Waals surface area contributed by atoms with E-state index in [2.05, 4.69) is 11.7 Å². The number of carbonyl (C=O) groups is 2. The Morgan fingerprint density at radius 2 is 2.00 bits per heavy atom. The van der Waals surface area contributed by atoms with Gasteiger partial charge in [0.05, 0.1) is 0 Å². The normalized spacial score (nSPS) is 11.1. The summed E-state index contributed by atoms with van der Waals surface area (Å²) in [6.45, 7) is 3.69. The molecule has 1 amide bonds. The molecule has 0 rings (SSSR count). The molecule has 0 aliphatic carbocycles. The first kappa shape index (κ1) is 12.7. The van der Waals surface area contributed by atoms with E-state index in [1.807, 2.05) is 0 Å². The summed E-state index contributed by atoms with van der Waals surface area (Å²) >= 11 is 0. The van der Waals surface area contributed by atoms with E-state index >= 15 is 0 Å². The van der Waals surface area contributed by atoms with E-state index in [0.29, 0.717) is 6.42 Å². The lowest BCUT2D eigenvalue weighted by Gasteiger charge is -2.04. The Labute approximate surface area is 84.1 Å². The Morgan fingerprint density at radius 3 is 2.43 bits per heavy atom. The fourth-order valence-electron chi connectivity index (χ4n) is 1.04. The number of allylic oxidation sites excluding steroid dienone is 2. The van der Waals surface area contributed by atoms with Crippen LogP contribution in [0.5, 0.6) is 0 Å². The molecule has 14 heavy (non-hydrogen) atoms. The van der Waals surface area contributed by atoms with Crippen molar-refractivity contribution in [2.24, 2.45) is 5.73 Å². The zero-order valence-corrected chi connectivity index (χ0v) is 8.71. The summed E-state index contributed by atoms with van der Waals surface area (Å²) in [6, 6.07) is 0. The number of ketones is 1. The summed E-state index contributed by atoms with van der Waals surface area (Å²) in [4.78, 5) is 21.8. The topological polar surface area (TPSA) is 69.4 Å². The van der Waals surface area contributed by atoms with Gasteiger partial charge in [-0.05, 0) is 19.4 Å². The van der Waals surface area contributed by atoms with Crippen LogP contribution in [0.1, 0.15) is 39.5 Å². The van der Waals surface area contributed by atoms with E-state index in [1.165, 1.54) is 6.08 Å². The largest absolute Gasteiger partial charge is 0.410 e. The molecular formula is C10H17NO3. The van der Waals surface area contributed by atoms with Crippen LogP contribution < -0.4 is 5.73 Å². The van der Waals surface area contributed by atoms with Gasteiger partial charge in [-0.2, -0.15) is 0 Å². The van der Waals surface area contributed by atoms with Crippen LogP contribution in [0.2, 0.25) is 0 Å². The summed E-state index contributed by atoms with van der Waals surface area (Å²) < 4.78 is 4.54. The minimum absolute atomic E-state index is 0.0496. The molecule has 2 N–H and O–H groups in total. The molecule has 4 nitrogen and oxygen atoms in total. The summed E-state index contributed by atoms with van der Waals surface area (Å²) in [7, 11) is 0. The van der Waals surface area contributed by atoms with Crippen LogP contribution in [0.25, 0.3) is 0 Å². The lowest BCUT2D eigenvalue weighted by atomic mass is 10.1. The minimum Gasteiger partial charge on any atom is -0.407 e. The van der Waals surface area contributed by atoms with Crippen molar-refractivity contribution in [2.75, 3.05) is 0 Å². The molecule has 0 aromatic rings. The Bertz CT molecular complexity index is 234. The molecule has 0 saturated carbocycles. The van der Waals surface area contributed by atoms with Crippen molar-refractivity contribution in [2.45, 2.75) is 39.5 Å². The quantitative estimate of drug-likeness (QED) is 0.404. The van der Waals surface area contributed by atoms with E-state index in [1.54, 1.807) is 6.92 Å². The van der Waals surface area contributed by atoms with Crippen molar-refractivity contribution < 1.29 is 14.3 Å². The highest BCUT2D eigenvalue weighted by molar-refractivity contribution is 5.95. The first-order chi connectivity index (χ1) is 6.61. The fourth-order valence-corrected chi connectivity index (χ4v) is 1.04. The Morgan fingerprint density at radius 1 is 1.36 bits per heavy atom. The number of hydrogen-bond acceptors (Lipinski definition) is 3.